The molecule has 0 aliphatic heterocycles. The molecule has 8 heteroatoms. The van der Waals surface area contributed by atoms with Gasteiger partial charge in [-0.3, -0.25) is 9.05 Å². The maximum atomic E-state index is 12.6. The minimum absolute atomic E-state index is 0.120. The number of phosphoric ester groups is 1. The van der Waals surface area contributed by atoms with Gasteiger partial charge in [-0.05, 0) is 19.3 Å². The van der Waals surface area contributed by atoms with Crippen LogP contribution < -0.4 is 0 Å². The number of aliphatic hydroxyl groups is 1. The Bertz CT molecular complexity index is 596. The number of quaternary nitrogens is 1. The third kappa shape index (κ3) is 24.7. The zero-order chi connectivity index (χ0) is 28.5. The van der Waals surface area contributed by atoms with Crippen molar-refractivity contribution in [2.24, 2.45) is 0 Å². The van der Waals surface area contributed by atoms with E-state index in [0.29, 0.717) is 24.1 Å². The molecule has 0 radical (unpaired) electrons. The number of likely N-dealkylation sites (N-methyl/N-ethyl adjacent to an activating group) is 1. The van der Waals surface area contributed by atoms with Crippen molar-refractivity contribution < 1.29 is 32.8 Å². The van der Waals surface area contributed by atoms with Crippen molar-refractivity contribution in [3.05, 3.63) is 12.2 Å². The Hall–Kier alpha value is -0.270. The number of nitrogens with zero attached hydrogens (tertiary/aromatic N) is 1. The van der Waals surface area contributed by atoms with Gasteiger partial charge in [-0.15, -0.1) is 0 Å². The highest BCUT2D eigenvalue weighted by Crippen LogP contribution is 2.46. The summed E-state index contributed by atoms with van der Waals surface area (Å²) in [5.74, 6) is 0. The lowest BCUT2D eigenvalue weighted by molar-refractivity contribution is -0.870. The van der Waals surface area contributed by atoms with Crippen LogP contribution in [0, 0.1) is 0 Å². The SMILES string of the molecule is CCC=CCCO[C@@H](CO)[C@@H](CCCCCCCCCCCCCCCC)OP(=O)(O)OCC[N+](C)(C)C. The zero-order valence-corrected chi connectivity index (χ0v) is 26.5. The van der Waals surface area contributed by atoms with Gasteiger partial charge in [-0.25, -0.2) is 4.57 Å². The van der Waals surface area contributed by atoms with Crippen molar-refractivity contribution in [1.29, 1.82) is 0 Å². The summed E-state index contributed by atoms with van der Waals surface area (Å²) < 4.78 is 29.9. The first-order chi connectivity index (χ1) is 18.1. The number of hydrogen-bond donors (Lipinski definition) is 2. The fourth-order valence-electron chi connectivity index (χ4n) is 4.33. The lowest BCUT2D eigenvalue weighted by atomic mass is 10.0. The third-order valence-corrected chi connectivity index (χ3v) is 7.79. The quantitative estimate of drug-likeness (QED) is 0.0436. The molecule has 0 rings (SSSR count). The molecular weight excluding hydrogens is 501 g/mol. The Morgan fingerprint density at radius 3 is 1.76 bits per heavy atom. The van der Waals surface area contributed by atoms with Gasteiger partial charge in [0.1, 0.15) is 19.3 Å². The normalized spacial score (nSPS) is 15.7. The number of allylic oxidation sites excluding steroid dienone is 1. The van der Waals surface area contributed by atoms with Crippen molar-refractivity contribution in [3.8, 4) is 0 Å². The van der Waals surface area contributed by atoms with Crippen LogP contribution in [-0.4, -0.2) is 74.2 Å². The Labute approximate surface area is 235 Å². The highest BCUT2D eigenvalue weighted by Gasteiger charge is 2.32. The van der Waals surface area contributed by atoms with Crippen molar-refractivity contribution in [1.82, 2.24) is 0 Å². The lowest BCUT2D eigenvalue weighted by Gasteiger charge is -2.28. The first kappa shape index (κ1) is 37.7. The Balaban J connectivity index is 4.42. The summed E-state index contributed by atoms with van der Waals surface area (Å²) in [7, 11) is 1.73. The van der Waals surface area contributed by atoms with E-state index in [2.05, 4.69) is 19.9 Å². The standard InChI is InChI=1S/C30H62NO6P/c1-6-8-10-12-13-14-15-16-17-18-19-20-21-22-24-29(30(28-32)35-26-23-11-9-7-2)37-38(33,34)36-27-25-31(3,4)5/h9,11,29-30,32H,6-8,10,12-28H2,1-5H3/p+1/t29-,30+/m1/s1. The van der Waals surface area contributed by atoms with Gasteiger partial charge in [0.15, 0.2) is 0 Å². The summed E-state index contributed by atoms with van der Waals surface area (Å²) >= 11 is 0. The molecule has 0 bridgehead atoms. The van der Waals surface area contributed by atoms with Crippen LogP contribution in [0.15, 0.2) is 12.2 Å². The average molecular weight is 565 g/mol. The zero-order valence-electron chi connectivity index (χ0n) is 25.6. The first-order valence-corrected chi connectivity index (χ1v) is 17.0. The fraction of sp³-hybridized carbons (Fsp3) is 0.933. The molecular formula is C30H63NO6P+. The number of hydrogen-bond acceptors (Lipinski definition) is 5. The summed E-state index contributed by atoms with van der Waals surface area (Å²) in [6.45, 7) is 5.21. The van der Waals surface area contributed by atoms with Crippen LogP contribution >= 0.6 is 7.82 Å². The van der Waals surface area contributed by atoms with Crippen LogP contribution in [0.5, 0.6) is 0 Å². The number of rotatable bonds is 28. The summed E-state index contributed by atoms with van der Waals surface area (Å²) in [4.78, 5) is 10.3. The van der Waals surface area contributed by atoms with E-state index in [0.717, 1.165) is 32.1 Å². The van der Waals surface area contributed by atoms with Crippen LogP contribution in [-0.2, 0) is 18.3 Å². The maximum absolute atomic E-state index is 12.6. The molecule has 7 nitrogen and oxygen atoms in total. The van der Waals surface area contributed by atoms with Gasteiger partial charge in [-0.1, -0.05) is 116 Å². The van der Waals surface area contributed by atoms with Crippen LogP contribution in [0.1, 0.15) is 123 Å². The van der Waals surface area contributed by atoms with Crippen LogP contribution in [0.25, 0.3) is 0 Å². The highest BCUT2D eigenvalue weighted by molar-refractivity contribution is 7.47. The summed E-state index contributed by atoms with van der Waals surface area (Å²) in [5.41, 5.74) is 0. The Kier molecular flexibility index (Phi) is 24.3. The Morgan fingerprint density at radius 2 is 1.29 bits per heavy atom. The van der Waals surface area contributed by atoms with Gasteiger partial charge in [-0.2, -0.15) is 0 Å². The van der Waals surface area contributed by atoms with E-state index in [1.165, 1.54) is 70.6 Å². The topological polar surface area (TPSA) is 85.2 Å². The molecule has 0 aliphatic rings. The number of ether oxygens (including phenoxy) is 1. The van der Waals surface area contributed by atoms with E-state index in [1.54, 1.807) is 0 Å². The second-order valence-electron chi connectivity index (χ2n) is 11.6. The molecule has 0 aromatic heterocycles. The van der Waals surface area contributed by atoms with Crippen molar-refractivity contribution >= 4 is 7.82 Å². The van der Waals surface area contributed by atoms with Crippen LogP contribution in [0.2, 0.25) is 0 Å². The molecule has 3 atom stereocenters. The summed E-state index contributed by atoms with van der Waals surface area (Å²) in [6, 6.07) is 0. The van der Waals surface area contributed by atoms with E-state index in [9.17, 15) is 14.6 Å². The summed E-state index contributed by atoms with van der Waals surface area (Å²) in [5, 5.41) is 9.96. The molecule has 38 heavy (non-hydrogen) atoms. The second-order valence-corrected chi connectivity index (χ2v) is 13.0. The van der Waals surface area contributed by atoms with Crippen molar-refractivity contribution in [3.63, 3.8) is 0 Å². The number of aliphatic hydroxyl groups excluding tert-OH is 1. The largest absolute Gasteiger partial charge is 0.472 e. The molecule has 0 heterocycles. The van der Waals surface area contributed by atoms with Crippen LogP contribution in [0.4, 0.5) is 0 Å². The minimum atomic E-state index is -4.25. The van der Waals surface area contributed by atoms with E-state index in [1.807, 2.05) is 27.2 Å². The molecule has 228 valence electrons. The molecule has 0 fully saturated rings. The predicted molar refractivity (Wildman–Crippen MR) is 159 cm³/mol. The van der Waals surface area contributed by atoms with Gasteiger partial charge in [0, 0.05) is 0 Å². The van der Waals surface area contributed by atoms with Gasteiger partial charge < -0.3 is 19.2 Å². The monoisotopic (exact) mass is 564 g/mol. The smallest absolute Gasteiger partial charge is 0.394 e. The highest BCUT2D eigenvalue weighted by atomic mass is 31.2. The van der Waals surface area contributed by atoms with E-state index < -0.39 is 20.0 Å². The molecule has 0 aromatic carbocycles. The number of phosphoric acid groups is 1. The molecule has 0 spiro atoms. The molecule has 0 aromatic rings. The summed E-state index contributed by atoms with van der Waals surface area (Å²) in [6.07, 6.45) is 22.8. The molecule has 0 amide bonds. The maximum Gasteiger partial charge on any atom is 0.472 e. The van der Waals surface area contributed by atoms with Gasteiger partial charge in [0.05, 0.1) is 40.5 Å². The fourth-order valence-corrected chi connectivity index (χ4v) is 5.28. The first-order valence-electron chi connectivity index (χ1n) is 15.5. The average Bonchev–Trinajstić information content (AvgIpc) is 2.85. The molecule has 0 saturated heterocycles. The van der Waals surface area contributed by atoms with Crippen LogP contribution in [0.3, 0.4) is 0 Å². The molecule has 2 N–H and O–H groups in total. The number of unbranched alkanes of at least 4 members (excludes halogenated alkanes) is 13. The van der Waals surface area contributed by atoms with E-state index in [-0.39, 0.29) is 13.2 Å². The van der Waals surface area contributed by atoms with E-state index in [4.69, 9.17) is 13.8 Å². The van der Waals surface area contributed by atoms with Gasteiger partial charge >= 0.3 is 7.82 Å². The molecule has 0 saturated carbocycles. The lowest BCUT2D eigenvalue weighted by Crippen LogP contribution is -2.38. The van der Waals surface area contributed by atoms with Crippen molar-refractivity contribution in [2.75, 3.05) is 47.5 Å². The van der Waals surface area contributed by atoms with Gasteiger partial charge in [0.2, 0.25) is 0 Å². The third-order valence-electron chi connectivity index (χ3n) is 6.74. The molecule has 0 aliphatic carbocycles. The van der Waals surface area contributed by atoms with Gasteiger partial charge in [0.25, 0.3) is 0 Å². The Morgan fingerprint density at radius 1 is 0.763 bits per heavy atom. The molecule has 1 unspecified atom stereocenters. The second kappa shape index (κ2) is 24.5. The minimum Gasteiger partial charge on any atom is -0.394 e. The van der Waals surface area contributed by atoms with Crippen molar-refractivity contribution in [2.45, 2.75) is 135 Å². The van der Waals surface area contributed by atoms with E-state index >= 15 is 0 Å². The predicted octanol–water partition coefficient (Wildman–Crippen LogP) is 7.80.